The molecular formula is C15H15BrN2O2S. The number of carbonyl (C=O) groups is 1. The van der Waals surface area contributed by atoms with Crippen molar-refractivity contribution in [1.29, 1.82) is 0 Å². The second-order valence-corrected chi connectivity index (χ2v) is 6.27. The molecule has 2 aromatic carbocycles. The number of benzene rings is 2. The van der Waals surface area contributed by atoms with Crippen molar-refractivity contribution in [3.63, 3.8) is 0 Å². The Labute approximate surface area is 135 Å². The molecule has 1 amide bonds. The van der Waals surface area contributed by atoms with Crippen LogP contribution in [0.1, 0.15) is 21.5 Å². The van der Waals surface area contributed by atoms with E-state index >= 15 is 0 Å². The van der Waals surface area contributed by atoms with Crippen LogP contribution in [0.25, 0.3) is 0 Å². The van der Waals surface area contributed by atoms with Gasteiger partial charge >= 0.3 is 0 Å². The van der Waals surface area contributed by atoms with E-state index in [1.54, 1.807) is 23.9 Å². The zero-order chi connectivity index (χ0) is 15.2. The third-order valence-corrected chi connectivity index (χ3v) is 4.75. The quantitative estimate of drug-likeness (QED) is 0.329. The molecule has 0 aromatic heterocycles. The van der Waals surface area contributed by atoms with Gasteiger partial charge in [-0.3, -0.25) is 10.2 Å². The Hall–Kier alpha value is -1.34. The third-order valence-electron chi connectivity index (χ3n) is 2.95. The molecule has 0 saturated carbocycles. The van der Waals surface area contributed by atoms with E-state index in [9.17, 15) is 4.79 Å². The maximum Gasteiger partial charge on any atom is 0.265 e. The van der Waals surface area contributed by atoms with Crippen LogP contribution in [0.3, 0.4) is 0 Å². The number of nitrogens with one attached hydrogen (secondary N) is 1. The summed E-state index contributed by atoms with van der Waals surface area (Å²) in [4.78, 5) is 12.6. The highest BCUT2D eigenvalue weighted by Crippen LogP contribution is 2.28. The summed E-state index contributed by atoms with van der Waals surface area (Å²) < 4.78 is 0.878. The van der Waals surface area contributed by atoms with Crippen LogP contribution in [0, 0.1) is 0 Å². The summed E-state index contributed by atoms with van der Waals surface area (Å²) in [5, 5.41) is 9.01. The number of hydrazine groups is 1. The van der Waals surface area contributed by atoms with Gasteiger partial charge in [0.15, 0.2) is 0 Å². The van der Waals surface area contributed by atoms with Crippen LogP contribution in [0.4, 0.5) is 0 Å². The summed E-state index contributed by atoms with van der Waals surface area (Å²) in [5.74, 6) is 5.58. The van der Waals surface area contributed by atoms with Gasteiger partial charge in [0.05, 0.1) is 6.61 Å². The summed E-state index contributed by atoms with van der Waals surface area (Å²) in [6.45, 7) is 0.0567. The van der Waals surface area contributed by atoms with Crippen molar-refractivity contribution < 1.29 is 9.90 Å². The Morgan fingerprint density at radius 3 is 2.52 bits per heavy atom. The fourth-order valence-corrected chi connectivity index (χ4v) is 3.35. The first-order chi connectivity index (χ1) is 10.1. The maximum absolute atomic E-state index is 11.4. The molecular weight excluding hydrogens is 352 g/mol. The molecule has 110 valence electrons. The average molecular weight is 367 g/mol. The number of aliphatic hydroxyl groups is 1. The first kappa shape index (κ1) is 16.0. The number of thioether (sulfide) groups is 1. The molecule has 4 N–H and O–H groups in total. The molecule has 0 unspecified atom stereocenters. The predicted octanol–water partition coefficient (Wildman–Crippen LogP) is 2.84. The molecule has 6 heteroatoms. The summed E-state index contributed by atoms with van der Waals surface area (Å²) >= 11 is 5.16. The molecule has 0 bridgehead atoms. The lowest BCUT2D eigenvalue weighted by Gasteiger charge is -2.07. The number of amides is 1. The summed E-state index contributed by atoms with van der Waals surface area (Å²) in [6.07, 6.45) is 0. The van der Waals surface area contributed by atoms with Crippen LogP contribution in [-0.2, 0) is 12.4 Å². The Bertz CT molecular complexity index is 632. The molecule has 2 rings (SSSR count). The summed E-state index contributed by atoms with van der Waals surface area (Å²) in [6, 6.07) is 13.2. The Balaban J connectivity index is 2.04. The number of aliphatic hydroxyl groups excluding tert-OH is 1. The number of hydrogen-bond acceptors (Lipinski definition) is 4. The van der Waals surface area contributed by atoms with E-state index in [0.717, 1.165) is 26.2 Å². The molecule has 0 spiro atoms. The molecule has 0 aliphatic rings. The van der Waals surface area contributed by atoms with Gasteiger partial charge < -0.3 is 5.11 Å². The highest BCUT2D eigenvalue weighted by atomic mass is 79.9. The van der Waals surface area contributed by atoms with Crippen molar-refractivity contribution in [2.75, 3.05) is 0 Å². The van der Waals surface area contributed by atoms with Crippen LogP contribution in [0.15, 0.2) is 51.8 Å². The van der Waals surface area contributed by atoms with E-state index in [1.807, 2.05) is 30.3 Å². The minimum absolute atomic E-state index is 0.0567. The highest BCUT2D eigenvalue weighted by molar-refractivity contribution is 9.10. The number of carbonyl (C=O) groups excluding carboxylic acids is 1. The minimum Gasteiger partial charge on any atom is -0.392 e. The van der Waals surface area contributed by atoms with Gasteiger partial charge in [-0.05, 0) is 35.4 Å². The Kier molecular flexibility index (Phi) is 5.81. The molecule has 0 radical (unpaired) electrons. The summed E-state index contributed by atoms with van der Waals surface area (Å²) in [5.41, 5.74) is 4.63. The average Bonchev–Trinajstić information content (AvgIpc) is 2.53. The standard InChI is InChI=1S/C15H15BrN2O2S/c16-14-7-11(15(20)18-17)3-4-12(14)9-21-13-5-1-10(8-19)2-6-13/h1-7,19H,8-9,17H2,(H,18,20). The third kappa shape index (κ3) is 4.31. The largest absolute Gasteiger partial charge is 0.392 e. The molecule has 0 heterocycles. The van der Waals surface area contributed by atoms with E-state index in [2.05, 4.69) is 21.4 Å². The SMILES string of the molecule is NNC(=O)c1ccc(CSc2ccc(CO)cc2)c(Br)c1. The highest BCUT2D eigenvalue weighted by Gasteiger charge is 2.07. The monoisotopic (exact) mass is 366 g/mol. The van der Waals surface area contributed by atoms with Crippen molar-refractivity contribution in [2.45, 2.75) is 17.3 Å². The molecule has 2 aromatic rings. The molecule has 4 nitrogen and oxygen atoms in total. The minimum atomic E-state index is -0.311. The Morgan fingerprint density at radius 1 is 1.24 bits per heavy atom. The number of nitrogens with two attached hydrogens (primary N) is 1. The zero-order valence-electron chi connectivity index (χ0n) is 11.2. The van der Waals surface area contributed by atoms with Gasteiger partial charge in [-0.1, -0.05) is 34.1 Å². The molecule has 0 atom stereocenters. The lowest BCUT2D eigenvalue weighted by atomic mass is 10.1. The van der Waals surface area contributed by atoms with Crippen LogP contribution in [-0.4, -0.2) is 11.0 Å². The smallest absolute Gasteiger partial charge is 0.265 e. The van der Waals surface area contributed by atoms with Crippen LogP contribution in [0.5, 0.6) is 0 Å². The van der Waals surface area contributed by atoms with Gasteiger partial charge in [0.25, 0.3) is 5.91 Å². The topological polar surface area (TPSA) is 75.3 Å². The normalized spacial score (nSPS) is 10.4. The van der Waals surface area contributed by atoms with E-state index < -0.39 is 0 Å². The van der Waals surface area contributed by atoms with Gasteiger partial charge in [0.1, 0.15) is 0 Å². The first-order valence-electron chi connectivity index (χ1n) is 6.26. The second kappa shape index (κ2) is 7.61. The molecule has 21 heavy (non-hydrogen) atoms. The lowest BCUT2D eigenvalue weighted by Crippen LogP contribution is -2.29. The van der Waals surface area contributed by atoms with Gasteiger partial charge in [-0.15, -0.1) is 11.8 Å². The van der Waals surface area contributed by atoms with E-state index in [4.69, 9.17) is 10.9 Å². The molecule has 0 aliphatic heterocycles. The first-order valence-corrected chi connectivity index (χ1v) is 8.04. The van der Waals surface area contributed by atoms with E-state index in [-0.39, 0.29) is 12.5 Å². The molecule has 0 aliphatic carbocycles. The van der Waals surface area contributed by atoms with Gasteiger partial charge in [-0.25, -0.2) is 5.84 Å². The van der Waals surface area contributed by atoms with E-state index in [1.165, 1.54) is 0 Å². The fourth-order valence-electron chi connectivity index (χ4n) is 1.74. The van der Waals surface area contributed by atoms with Crippen molar-refractivity contribution >= 4 is 33.6 Å². The van der Waals surface area contributed by atoms with Crippen LogP contribution < -0.4 is 11.3 Å². The second-order valence-electron chi connectivity index (χ2n) is 4.37. The van der Waals surface area contributed by atoms with Crippen LogP contribution in [0.2, 0.25) is 0 Å². The lowest BCUT2D eigenvalue weighted by molar-refractivity contribution is 0.0953. The maximum atomic E-state index is 11.4. The van der Waals surface area contributed by atoms with Gasteiger partial charge in [-0.2, -0.15) is 0 Å². The number of halogens is 1. The number of rotatable bonds is 5. The fraction of sp³-hybridized carbons (Fsp3) is 0.133. The predicted molar refractivity (Wildman–Crippen MR) is 87.7 cm³/mol. The Morgan fingerprint density at radius 2 is 1.95 bits per heavy atom. The zero-order valence-corrected chi connectivity index (χ0v) is 13.6. The van der Waals surface area contributed by atoms with E-state index in [0.29, 0.717) is 5.56 Å². The van der Waals surface area contributed by atoms with Crippen LogP contribution >= 0.6 is 27.7 Å². The molecule has 0 saturated heterocycles. The number of hydrogen-bond donors (Lipinski definition) is 3. The van der Waals surface area contributed by atoms with Crippen molar-refractivity contribution in [1.82, 2.24) is 5.43 Å². The summed E-state index contributed by atoms with van der Waals surface area (Å²) in [7, 11) is 0. The van der Waals surface area contributed by atoms with Crippen molar-refractivity contribution in [3.05, 3.63) is 63.6 Å². The van der Waals surface area contributed by atoms with Crippen molar-refractivity contribution in [3.8, 4) is 0 Å². The van der Waals surface area contributed by atoms with Crippen molar-refractivity contribution in [2.24, 2.45) is 5.84 Å². The van der Waals surface area contributed by atoms with Gasteiger partial charge in [0.2, 0.25) is 0 Å². The van der Waals surface area contributed by atoms with Gasteiger partial charge in [0, 0.05) is 20.7 Å². The molecule has 0 fully saturated rings. The number of nitrogen functional groups attached to an aromatic ring is 1.